The molecule has 24 heavy (non-hydrogen) atoms. The Kier molecular flexibility index (Phi) is 5.80. The zero-order valence-corrected chi connectivity index (χ0v) is 14.4. The zero-order valence-electron chi connectivity index (χ0n) is 14.4. The molecule has 0 aliphatic carbocycles. The van der Waals surface area contributed by atoms with Gasteiger partial charge in [0.25, 0.3) is 5.91 Å². The predicted octanol–water partition coefficient (Wildman–Crippen LogP) is 2.54. The second kappa shape index (κ2) is 7.64. The molecule has 0 unspecified atom stereocenters. The van der Waals surface area contributed by atoms with Crippen molar-refractivity contribution >= 4 is 11.8 Å². The number of phenolic OH excluding ortho intramolecular Hbond substituents is 1. The molecule has 132 valence electrons. The third-order valence-corrected chi connectivity index (χ3v) is 4.73. The van der Waals surface area contributed by atoms with Crippen LogP contribution < -0.4 is 5.32 Å². The van der Waals surface area contributed by atoms with Crippen molar-refractivity contribution in [2.45, 2.75) is 39.7 Å². The number of halogens is 1. The number of phenols is 1. The van der Waals surface area contributed by atoms with Crippen molar-refractivity contribution in [3.05, 3.63) is 29.6 Å². The first-order chi connectivity index (χ1) is 11.3. The third-order valence-electron chi connectivity index (χ3n) is 4.73. The topological polar surface area (TPSA) is 69.6 Å². The number of aromatic hydroxyl groups is 1. The molecule has 5 nitrogen and oxygen atoms in total. The van der Waals surface area contributed by atoms with Gasteiger partial charge in [0.05, 0.1) is 0 Å². The van der Waals surface area contributed by atoms with E-state index in [9.17, 15) is 19.1 Å². The summed E-state index contributed by atoms with van der Waals surface area (Å²) in [5, 5.41) is 12.7. The summed E-state index contributed by atoms with van der Waals surface area (Å²) in [4.78, 5) is 26.2. The maximum atomic E-state index is 13.8. The molecule has 1 aliphatic heterocycles. The lowest BCUT2D eigenvalue weighted by atomic mass is 9.94. The molecule has 1 heterocycles. The highest BCUT2D eigenvalue weighted by Crippen LogP contribution is 2.25. The van der Waals surface area contributed by atoms with E-state index in [1.807, 2.05) is 20.8 Å². The predicted molar refractivity (Wildman–Crippen MR) is 89.1 cm³/mol. The van der Waals surface area contributed by atoms with Crippen LogP contribution in [0, 0.1) is 17.7 Å². The number of nitrogens with zero attached hydrogens (tertiary/aromatic N) is 1. The molecule has 1 aromatic rings. The Hall–Kier alpha value is -2.11. The van der Waals surface area contributed by atoms with E-state index in [1.165, 1.54) is 17.0 Å². The van der Waals surface area contributed by atoms with Crippen molar-refractivity contribution in [3.63, 3.8) is 0 Å². The zero-order chi connectivity index (χ0) is 17.9. The van der Waals surface area contributed by atoms with Crippen LogP contribution in [0.2, 0.25) is 0 Å². The minimum absolute atomic E-state index is 0.0111. The van der Waals surface area contributed by atoms with Gasteiger partial charge in [-0.2, -0.15) is 0 Å². The molecule has 0 spiro atoms. The quantitative estimate of drug-likeness (QED) is 0.888. The number of hydrogen-bond acceptors (Lipinski definition) is 3. The number of piperidine rings is 1. The average Bonchev–Trinajstić information content (AvgIpc) is 2.54. The van der Waals surface area contributed by atoms with Crippen LogP contribution in [-0.2, 0) is 4.79 Å². The molecule has 1 fully saturated rings. The normalized spacial score (nSPS) is 17.0. The number of rotatable bonds is 4. The van der Waals surface area contributed by atoms with Crippen LogP contribution in [0.15, 0.2) is 18.2 Å². The summed E-state index contributed by atoms with van der Waals surface area (Å²) < 4.78 is 13.8. The van der Waals surface area contributed by atoms with E-state index in [2.05, 4.69) is 5.32 Å². The molecule has 6 heteroatoms. The van der Waals surface area contributed by atoms with Crippen LogP contribution in [-0.4, -0.2) is 41.0 Å². The minimum Gasteiger partial charge on any atom is -0.507 e. The maximum absolute atomic E-state index is 13.8. The van der Waals surface area contributed by atoms with Gasteiger partial charge in [0.1, 0.15) is 17.1 Å². The Labute approximate surface area is 141 Å². The molecule has 2 amide bonds. The maximum Gasteiger partial charge on any atom is 0.260 e. The van der Waals surface area contributed by atoms with Gasteiger partial charge in [0, 0.05) is 25.0 Å². The molecule has 0 aromatic heterocycles. The van der Waals surface area contributed by atoms with Crippen molar-refractivity contribution < 1.29 is 19.1 Å². The first-order valence-electron chi connectivity index (χ1n) is 8.38. The van der Waals surface area contributed by atoms with Gasteiger partial charge in [0.15, 0.2) is 0 Å². The van der Waals surface area contributed by atoms with Crippen LogP contribution in [0.4, 0.5) is 4.39 Å². The van der Waals surface area contributed by atoms with Gasteiger partial charge < -0.3 is 15.3 Å². The number of benzene rings is 1. The molecule has 1 saturated heterocycles. The van der Waals surface area contributed by atoms with E-state index < -0.39 is 11.7 Å². The molecule has 0 bridgehead atoms. The molecule has 2 rings (SSSR count). The molecule has 1 atom stereocenters. The molecule has 1 aromatic carbocycles. The number of hydrogen-bond donors (Lipinski definition) is 2. The molecule has 1 aliphatic rings. The summed E-state index contributed by atoms with van der Waals surface area (Å²) in [6.45, 7) is 6.82. The molecule has 0 saturated carbocycles. The standard InChI is InChI=1S/C18H25FN2O3/c1-11(2)12(3)20-17(23)13-7-9-21(10-8-13)18(24)16-14(19)5-4-6-15(16)22/h4-6,11-13,22H,7-10H2,1-3H3,(H,20,23)/t12-/m0/s1. The summed E-state index contributed by atoms with van der Waals surface area (Å²) in [7, 11) is 0. The number of nitrogens with one attached hydrogen (secondary N) is 1. The van der Waals surface area contributed by atoms with Gasteiger partial charge in [-0.1, -0.05) is 19.9 Å². The van der Waals surface area contributed by atoms with Gasteiger partial charge >= 0.3 is 0 Å². The monoisotopic (exact) mass is 336 g/mol. The molecule has 0 radical (unpaired) electrons. The second-order valence-corrected chi connectivity index (χ2v) is 6.74. The Bertz CT molecular complexity index is 590. The average molecular weight is 336 g/mol. The number of likely N-dealkylation sites (tertiary alicyclic amines) is 1. The number of carbonyl (C=O) groups is 2. The lowest BCUT2D eigenvalue weighted by molar-refractivity contribution is -0.127. The van der Waals surface area contributed by atoms with E-state index in [1.54, 1.807) is 0 Å². The fraction of sp³-hybridized carbons (Fsp3) is 0.556. The summed E-state index contributed by atoms with van der Waals surface area (Å²) in [6, 6.07) is 3.91. The van der Waals surface area contributed by atoms with E-state index in [0.29, 0.717) is 31.8 Å². The van der Waals surface area contributed by atoms with Crippen molar-refractivity contribution in [2.75, 3.05) is 13.1 Å². The van der Waals surface area contributed by atoms with Crippen molar-refractivity contribution in [2.24, 2.45) is 11.8 Å². The highest BCUT2D eigenvalue weighted by molar-refractivity contribution is 5.97. The van der Waals surface area contributed by atoms with Crippen LogP contribution in [0.1, 0.15) is 44.0 Å². The van der Waals surface area contributed by atoms with Crippen LogP contribution in [0.5, 0.6) is 5.75 Å². The Balaban J connectivity index is 1.95. The van der Waals surface area contributed by atoms with E-state index in [0.717, 1.165) is 6.07 Å². The second-order valence-electron chi connectivity index (χ2n) is 6.74. The molecular formula is C18H25FN2O3. The number of carbonyl (C=O) groups excluding carboxylic acids is 2. The fourth-order valence-electron chi connectivity index (χ4n) is 2.74. The fourth-order valence-corrected chi connectivity index (χ4v) is 2.74. The van der Waals surface area contributed by atoms with Gasteiger partial charge in [-0.3, -0.25) is 9.59 Å². The van der Waals surface area contributed by atoms with Crippen LogP contribution in [0.25, 0.3) is 0 Å². The highest BCUT2D eigenvalue weighted by Gasteiger charge is 2.30. The lowest BCUT2D eigenvalue weighted by Gasteiger charge is -2.32. The van der Waals surface area contributed by atoms with Gasteiger partial charge in [-0.25, -0.2) is 4.39 Å². The van der Waals surface area contributed by atoms with Crippen LogP contribution in [0.3, 0.4) is 0 Å². The minimum atomic E-state index is -0.731. The number of amides is 2. The van der Waals surface area contributed by atoms with Gasteiger partial charge in [-0.05, 0) is 37.8 Å². The SMILES string of the molecule is CC(C)[C@H](C)NC(=O)C1CCN(C(=O)c2c(O)cccc2F)CC1. The third kappa shape index (κ3) is 4.04. The first-order valence-corrected chi connectivity index (χ1v) is 8.38. The molecular weight excluding hydrogens is 311 g/mol. The highest BCUT2D eigenvalue weighted by atomic mass is 19.1. The van der Waals surface area contributed by atoms with E-state index in [-0.39, 0.29) is 29.2 Å². The summed E-state index contributed by atoms with van der Waals surface area (Å²) in [5.74, 6) is -1.38. The Morgan fingerprint density at radius 2 is 1.88 bits per heavy atom. The van der Waals surface area contributed by atoms with Crippen molar-refractivity contribution in [1.82, 2.24) is 10.2 Å². The smallest absolute Gasteiger partial charge is 0.260 e. The van der Waals surface area contributed by atoms with Gasteiger partial charge in [0.2, 0.25) is 5.91 Å². The lowest BCUT2D eigenvalue weighted by Crippen LogP contribution is -2.45. The molecule has 2 N–H and O–H groups in total. The summed E-state index contributed by atoms with van der Waals surface area (Å²) >= 11 is 0. The Morgan fingerprint density at radius 1 is 1.25 bits per heavy atom. The first kappa shape index (κ1) is 18.2. The van der Waals surface area contributed by atoms with Gasteiger partial charge in [-0.15, -0.1) is 0 Å². The summed E-state index contributed by atoms with van der Waals surface area (Å²) in [6.07, 6.45) is 1.08. The van der Waals surface area contributed by atoms with E-state index >= 15 is 0 Å². The summed E-state index contributed by atoms with van der Waals surface area (Å²) in [5.41, 5.74) is -0.297. The van der Waals surface area contributed by atoms with Crippen LogP contribution >= 0.6 is 0 Å². The van der Waals surface area contributed by atoms with Crippen molar-refractivity contribution in [3.8, 4) is 5.75 Å². The Morgan fingerprint density at radius 3 is 2.42 bits per heavy atom. The van der Waals surface area contributed by atoms with E-state index in [4.69, 9.17) is 0 Å². The van der Waals surface area contributed by atoms with Crippen molar-refractivity contribution in [1.29, 1.82) is 0 Å². The largest absolute Gasteiger partial charge is 0.507 e.